The van der Waals surface area contributed by atoms with E-state index in [2.05, 4.69) is 20.5 Å². The van der Waals surface area contributed by atoms with Crippen LogP contribution in [0.15, 0.2) is 39.5 Å². The number of carbonyl (C=O) groups is 1. The van der Waals surface area contributed by atoms with Crippen molar-refractivity contribution in [3.8, 4) is 0 Å². The highest BCUT2D eigenvalue weighted by molar-refractivity contribution is 6.03. The number of H-pyrrole nitrogens is 1. The summed E-state index contributed by atoms with van der Waals surface area (Å²) in [6.07, 6.45) is 2.24. The molecule has 7 nitrogen and oxygen atoms in total. The number of carbonyl (C=O) groups excluding carboxylic acids is 1. The minimum absolute atomic E-state index is 0.138. The molecular weight excluding hydrogens is 284 g/mol. The number of hydrogen-bond acceptors (Lipinski definition) is 5. The fourth-order valence-electron chi connectivity index (χ4n) is 2.19. The molecule has 0 saturated heterocycles. The van der Waals surface area contributed by atoms with Crippen molar-refractivity contribution in [3.05, 3.63) is 52.3 Å². The summed E-state index contributed by atoms with van der Waals surface area (Å²) in [5.41, 5.74) is 1.81. The molecule has 7 heteroatoms. The van der Waals surface area contributed by atoms with Gasteiger partial charge in [0, 0.05) is 17.7 Å². The van der Waals surface area contributed by atoms with Gasteiger partial charge in [-0.3, -0.25) is 9.59 Å². The van der Waals surface area contributed by atoms with Gasteiger partial charge in [-0.1, -0.05) is 0 Å². The number of nitrogens with zero attached hydrogens (tertiary/aromatic N) is 2. The summed E-state index contributed by atoms with van der Waals surface area (Å²) in [6.45, 7) is 0. The second-order valence-electron chi connectivity index (χ2n) is 5.27. The quantitative estimate of drug-likeness (QED) is 0.770. The first-order valence-electron chi connectivity index (χ1n) is 6.96. The van der Waals surface area contributed by atoms with Crippen LogP contribution in [0.2, 0.25) is 0 Å². The van der Waals surface area contributed by atoms with Crippen molar-refractivity contribution in [1.82, 2.24) is 15.2 Å². The third-order valence-electron chi connectivity index (χ3n) is 3.50. The Bertz CT molecular complexity index is 903. The van der Waals surface area contributed by atoms with Gasteiger partial charge < -0.3 is 9.73 Å². The lowest BCUT2D eigenvalue weighted by Gasteiger charge is -2.03. The van der Waals surface area contributed by atoms with E-state index in [4.69, 9.17) is 4.42 Å². The fraction of sp³-hybridized carbons (Fsp3) is 0.200. The second-order valence-corrected chi connectivity index (χ2v) is 5.27. The summed E-state index contributed by atoms with van der Waals surface area (Å²) in [4.78, 5) is 27.4. The van der Waals surface area contributed by atoms with Gasteiger partial charge in [-0.05, 0) is 37.1 Å². The Hall–Kier alpha value is -2.96. The van der Waals surface area contributed by atoms with Gasteiger partial charge in [-0.25, -0.2) is 10.1 Å². The van der Waals surface area contributed by atoms with Crippen LogP contribution < -0.4 is 10.9 Å². The van der Waals surface area contributed by atoms with Crippen molar-refractivity contribution in [3.63, 3.8) is 0 Å². The lowest BCUT2D eigenvalue weighted by atomic mass is 10.2. The van der Waals surface area contributed by atoms with Crippen molar-refractivity contribution in [1.29, 1.82) is 0 Å². The lowest BCUT2D eigenvalue weighted by Crippen LogP contribution is -2.17. The molecule has 1 amide bonds. The van der Waals surface area contributed by atoms with E-state index in [1.807, 2.05) is 0 Å². The Kier molecular flexibility index (Phi) is 2.78. The Balaban J connectivity index is 1.59. The molecule has 0 bridgehead atoms. The molecule has 2 N–H and O–H groups in total. The summed E-state index contributed by atoms with van der Waals surface area (Å²) in [7, 11) is 0. The lowest BCUT2D eigenvalue weighted by molar-refractivity contribution is 0.102. The summed E-state index contributed by atoms with van der Waals surface area (Å²) < 4.78 is 5.67. The monoisotopic (exact) mass is 296 g/mol. The van der Waals surface area contributed by atoms with Gasteiger partial charge in [0.05, 0.1) is 0 Å². The summed E-state index contributed by atoms with van der Waals surface area (Å²) >= 11 is 0. The number of amides is 1. The van der Waals surface area contributed by atoms with Gasteiger partial charge in [0.25, 0.3) is 11.5 Å². The number of nitrogens with one attached hydrogen (secondary N) is 2. The summed E-state index contributed by atoms with van der Waals surface area (Å²) in [5, 5.41) is 8.63. The van der Waals surface area contributed by atoms with E-state index in [0.717, 1.165) is 18.7 Å². The van der Waals surface area contributed by atoms with E-state index < -0.39 is 5.91 Å². The van der Waals surface area contributed by atoms with Crippen molar-refractivity contribution >= 4 is 22.7 Å². The maximum atomic E-state index is 12.0. The first kappa shape index (κ1) is 12.8. The Labute approximate surface area is 124 Å². The molecule has 22 heavy (non-hydrogen) atoms. The molecule has 0 radical (unpaired) electrons. The smallest absolute Gasteiger partial charge is 0.276 e. The molecule has 1 fully saturated rings. The van der Waals surface area contributed by atoms with E-state index in [1.165, 1.54) is 12.1 Å². The molecule has 2 heterocycles. The predicted molar refractivity (Wildman–Crippen MR) is 78.8 cm³/mol. The highest BCUT2D eigenvalue weighted by atomic mass is 16.3. The topological polar surface area (TPSA) is 101 Å². The average molecular weight is 296 g/mol. The van der Waals surface area contributed by atoms with Crippen LogP contribution in [0.5, 0.6) is 0 Å². The summed E-state index contributed by atoms with van der Waals surface area (Å²) in [6, 6.07) is 7.91. The van der Waals surface area contributed by atoms with Crippen LogP contribution in [-0.2, 0) is 0 Å². The molecular formula is C15H12N4O3. The van der Waals surface area contributed by atoms with Crippen LogP contribution in [0.1, 0.15) is 35.1 Å². The number of hydrogen-bond donors (Lipinski definition) is 2. The van der Waals surface area contributed by atoms with Crippen LogP contribution in [0.3, 0.4) is 0 Å². The summed E-state index contributed by atoms with van der Waals surface area (Å²) in [5.74, 6) is 0.804. The van der Waals surface area contributed by atoms with E-state index in [0.29, 0.717) is 22.7 Å². The van der Waals surface area contributed by atoms with Gasteiger partial charge in [0.1, 0.15) is 11.2 Å². The number of anilines is 1. The number of benzene rings is 1. The van der Waals surface area contributed by atoms with E-state index in [1.54, 1.807) is 18.2 Å². The minimum atomic E-state index is -0.401. The number of rotatable bonds is 3. The fourth-order valence-corrected chi connectivity index (χ4v) is 2.19. The van der Waals surface area contributed by atoms with Crippen LogP contribution in [-0.4, -0.2) is 21.1 Å². The first-order chi connectivity index (χ1) is 10.7. The minimum Gasteiger partial charge on any atom is -0.440 e. The molecule has 110 valence electrons. The number of aromatic nitrogens is 3. The SMILES string of the molecule is O=C(Nc1ccc2oc(C3CC3)nc2c1)c1ccc(=O)[nH]n1. The third-order valence-corrected chi connectivity index (χ3v) is 3.50. The second kappa shape index (κ2) is 4.80. The highest BCUT2D eigenvalue weighted by Gasteiger charge is 2.28. The van der Waals surface area contributed by atoms with Crippen LogP contribution >= 0.6 is 0 Å². The number of oxazole rings is 1. The van der Waals surface area contributed by atoms with E-state index in [-0.39, 0.29) is 11.3 Å². The molecule has 1 aliphatic rings. The molecule has 1 saturated carbocycles. The molecule has 1 aliphatic carbocycles. The van der Waals surface area contributed by atoms with E-state index in [9.17, 15) is 9.59 Å². The van der Waals surface area contributed by atoms with Gasteiger partial charge in [-0.2, -0.15) is 5.10 Å². The van der Waals surface area contributed by atoms with Gasteiger partial charge in [0.2, 0.25) is 0 Å². The number of fused-ring (bicyclic) bond motifs is 1. The van der Waals surface area contributed by atoms with Gasteiger partial charge >= 0.3 is 0 Å². The third kappa shape index (κ3) is 2.37. The average Bonchev–Trinajstić information content (AvgIpc) is 3.28. The van der Waals surface area contributed by atoms with Crippen molar-refractivity contribution < 1.29 is 9.21 Å². The molecule has 4 rings (SSSR count). The standard InChI is InChI=1S/C15H12N4O3/c20-13-6-4-10(18-19-13)14(21)16-9-3-5-12-11(7-9)17-15(22-12)8-1-2-8/h3-8H,1-2H2,(H,16,21)(H,19,20). The largest absolute Gasteiger partial charge is 0.440 e. The normalized spacial score (nSPS) is 14.2. The maximum absolute atomic E-state index is 12.0. The Morgan fingerprint density at radius 3 is 2.86 bits per heavy atom. The van der Waals surface area contributed by atoms with Gasteiger partial charge in [0.15, 0.2) is 11.5 Å². The first-order valence-corrected chi connectivity index (χ1v) is 6.96. The van der Waals surface area contributed by atoms with Crippen molar-refractivity contribution in [2.75, 3.05) is 5.32 Å². The highest BCUT2D eigenvalue weighted by Crippen LogP contribution is 2.40. The van der Waals surface area contributed by atoms with Crippen molar-refractivity contribution in [2.45, 2.75) is 18.8 Å². The zero-order valence-electron chi connectivity index (χ0n) is 11.5. The van der Waals surface area contributed by atoms with Gasteiger partial charge in [-0.15, -0.1) is 0 Å². The van der Waals surface area contributed by atoms with Crippen LogP contribution in [0.25, 0.3) is 11.1 Å². The molecule has 0 unspecified atom stereocenters. The zero-order chi connectivity index (χ0) is 15.1. The zero-order valence-corrected chi connectivity index (χ0v) is 11.5. The van der Waals surface area contributed by atoms with E-state index >= 15 is 0 Å². The predicted octanol–water partition coefficient (Wildman–Crippen LogP) is 2.04. The maximum Gasteiger partial charge on any atom is 0.276 e. The molecule has 0 aliphatic heterocycles. The Morgan fingerprint density at radius 1 is 1.27 bits per heavy atom. The van der Waals surface area contributed by atoms with Crippen molar-refractivity contribution in [2.24, 2.45) is 0 Å². The van der Waals surface area contributed by atoms with Crippen LogP contribution in [0, 0.1) is 0 Å². The number of aromatic amines is 1. The molecule has 0 atom stereocenters. The Morgan fingerprint density at radius 2 is 2.14 bits per heavy atom. The molecule has 3 aromatic rings. The van der Waals surface area contributed by atoms with Crippen LogP contribution in [0.4, 0.5) is 5.69 Å². The molecule has 0 spiro atoms. The molecule has 1 aromatic carbocycles. The molecule has 2 aromatic heterocycles.